The van der Waals surface area contributed by atoms with E-state index >= 15 is 0 Å². The van der Waals surface area contributed by atoms with Crippen LogP contribution in [0.25, 0.3) is 0 Å². The van der Waals surface area contributed by atoms with Crippen molar-refractivity contribution < 1.29 is 5.21 Å². The van der Waals surface area contributed by atoms with Crippen LogP contribution < -0.4 is 5.90 Å². The Morgan fingerprint density at radius 1 is 1.11 bits per heavy atom. The first-order valence-electron chi connectivity index (χ1n) is 7.34. The Morgan fingerprint density at radius 3 is 2.21 bits per heavy atom. The van der Waals surface area contributed by atoms with Crippen molar-refractivity contribution in [3.63, 3.8) is 0 Å². The highest BCUT2D eigenvalue weighted by Gasteiger charge is 2.43. The lowest BCUT2D eigenvalue weighted by molar-refractivity contribution is 0.311. The number of likely N-dealkylation sites (tertiary alicyclic amines) is 1. The summed E-state index contributed by atoms with van der Waals surface area (Å²) in [5.41, 5.74) is 3.52. The molecule has 1 aromatic carbocycles. The molecule has 1 saturated carbocycles. The number of hydrogen-bond acceptors (Lipinski definition) is 3. The third kappa shape index (κ3) is 3.56. The van der Waals surface area contributed by atoms with Gasteiger partial charge in [-0.3, -0.25) is 0 Å². The smallest absolute Gasteiger partial charge is 0.00102 e. The number of aryl methyl sites for hydroxylation is 1. The molecule has 0 bridgehead atoms. The fourth-order valence-corrected chi connectivity index (χ4v) is 3.12. The minimum Gasteiger partial charge on any atom is -0.320 e. The Morgan fingerprint density at radius 2 is 1.68 bits per heavy atom. The van der Waals surface area contributed by atoms with Gasteiger partial charge in [0.25, 0.3) is 0 Å². The first-order chi connectivity index (χ1) is 9.28. The molecule has 3 N–H and O–H groups in total. The highest BCUT2D eigenvalue weighted by molar-refractivity contribution is 5.33. The van der Waals surface area contributed by atoms with E-state index in [0.717, 1.165) is 0 Å². The molecule has 0 spiro atoms. The summed E-state index contributed by atoms with van der Waals surface area (Å²) >= 11 is 0. The molecule has 3 nitrogen and oxygen atoms in total. The maximum Gasteiger partial charge on any atom is -0.00102 e. The van der Waals surface area contributed by atoms with Crippen LogP contribution in [0.5, 0.6) is 0 Å². The molecule has 3 heteroatoms. The van der Waals surface area contributed by atoms with E-state index in [1.54, 1.807) is 5.56 Å². The Balaban J connectivity index is 0.000000637. The second-order valence-corrected chi connectivity index (χ2v) is 5.95. The van der Waals surface area contributed by atoms with Crippen molar-refractivity contribution in [3.8, 4) is 0 Å². The molecule has 1 saturated heterocycles. The maximum absolute atomic E-state index is 6.50. The van der Waals surface area contributed by atoms with Crippen molar-refractivity contribution in [2.75, 3.05) is 19.6 Å². The molecule has 1 aliphatic heterocycles. The van der Waals surface area contributed by atoms with Crippen LogP contribution in [0, 0.1) is 6.92 Å². The van der Waals surface area contributed by atoms with Crippen LogP contribution in [0.4, 0.5) is 0 Å². The summed E-state index contributed by atoms with van der Waals surface area (Å²) < 4.78 is 0. The molecule has 2 aliphatic rings. The highest BCUT2D eigenvalue weighted by Crippen LogP contribution is 2.51. The van der Waals surface area contributed by atoms with Crippen LogP contribution in [0.3, 0.4) is 0 Å². The van der Waals surface area contributed by atoms with Gasteiger partial charge in [0.2, 0.25) is 0 Å². The summed E-state index contributed by atoms with van der Waals surface area (Å²) in [6.07, 6.45) is 7.01. The molecule has 0 unspecified atom stereocenters. The van der Waals surface area contributed by atoms with E-state index in [1.165, 1.54) is 57.3 Å². The molecule has 0 amide bonds. The third-order valence-corrected chi connectivity index (χ3v) is 4.62. The second-order valence-electron chi connectivity index (χ2n) is 5.95. The van der Waals surface area contributed by atoms with Gasteiger partial charge >= 0.3 is 0 Å². The van der Waals surface area contributed by atoms with Gasteiger partial charge in [0.05, 0.1) is 0 Å². The molecule has 1 aliphatic carbocycles. The van der Waals surface area contributed by atoms with Gasteiger partial charge in [0, 0.05) is 0 Å². The van der Waals surface area contributed by atoms with Gasteiger partial charge in [-0.15, -0.1) is 0 Å². The van der Waals surface area contributed by atoms with Gasteiger partial charge < -0.3 is 10.1 Å². The lowest BCUT2D eigenvalue weighted by Gasteiger charge is -2.21. The van der Waals surface area contributed by atoms with Crippen LogP contribution in [-0.4, -0.2) is 29.7 Å². The Bertz CT molecular complexity index is 378. The van der Waals surface area contributed by atoms with Crippen LogP contribution in [0.2, 0.25) is 0 Å². The third-order valence-electron chi connectivity index (χ3n) is 4.62. The average molecular weight is 262 g/mol. The monoisotopic (exact) mass is 262 g/mol. The van der Waals surface area contributed by atoms with Crippen LogP contribution in [0.15, 0.2) is 24.3 Å². The number of hydrogen-bond donors (Lipinski definition) is 2. The summed E-state index contributed by atoms with van der Waals surface area (Å²) in [5.74, 6) is 3.50. The van der Waals surface area contributed by atoms with Gasteiger partial charge in [-0.1, -0.05) is 29.8 Å². The van der Waals surface area contributed by atoms with Crippen molar-refractivity contribution in [3.05, 3.63) is 35.4 Å². The zero-order chi connectivity index (χ0) is 13.7. The summed E-state index contributed by atoms with van der Waals surface area (Å²) in [6.45, 7) is 6.16. The quantitative estimate of drug-likeness (QED) is 0.820. The van der Waals surface area contributed by atoms with Crippen LogP contribution in [-0.2, 0) is 5.41 Å². The van der Waals surface area contributed by atoms with Crippen molar-refractivity contribution in [1.29, 1.82) is 0 Å². The fraction of sp³-hybridized carbons (Fsp3) is 0.625. The summed E-state index contributed by atoms with van der Waals surface area (Å²) in [5, 5.41) is 6.50. The fourth-order valence-electron chi connectivity index (χ4n) is 3.12. The maximum atomic E-state index is 6.50. The molecule has 1 heterocycles. The van der Waals surface area contributed by atoms with E-state index in [9.17, 15) is 0 Å². The van der Waals surface area contributed by atoms with Crippen LogP contribution in [0.1, 0.15) is 43.2 Å². The molecule has 2 fully saturated rings. The number of nitrogens with zero attached hydrogens (tertiary/aromatic N) is 1. The molecular weight excluding hydrogens is 236 g/mol. The molecule has 0 aromatic heterocycles. The van der Waals surface area contributed by atoms with Gasteiger partial charge in [0.15, 0.2) is 0 Å². The van der Waals surface area contributed by atoms with E-state index in [4.69, 9.17) is 5.21 Å². The topological polar surface area (TPSA) is 49.5 Å². The lowest BCUT2D eigenvalue weighted by Crippen LogP contribution is -2.24. The van der Waals surface area contributed by atoms with Crippen molar-refractivity contribution in [1.82, 2.24) is 4.90 Å². The Kier molecular flexibility index (Phi) is 4.97. The minimum absolute atomic E-state index is 0.552. The number of benzene rings is 1. The molecule has 3 rings (SSSR count). The lowest BCUT2D eigenvalue weighted by atomic mass is 9.91. The van der Waals surface area contributed by atoms with E-state index < -0.39 is 0 Å². The van der Waals surface area contributed by atoms with Crippen LogP contribution >= 0.6 is 0 Å². The summed E-state index contributed by atoms with van der Waals surface area (Å²) in [4.78, 5) is 2.65. The zero-order valence-electron chi connectivity index (χ0n) is 11.9. The number of nitrogens with two attached hydrogens (primary N) is 1. The predicted molar refractivity (Wildman–Crippen MR) is 78.4 cm³/mol. The molecule has 1 aromatic rings. The first-order valence-corrected chi connectivity index (χ1v) is 7.34. The molecule has 19 heavy (non-hydrogen) atoms. The Hall–Kier alpha value is -0.900. The van der Waals surface area contributed by atoms with Gasteiger partial charge in [0.1, 0.15) is 0 Å². The van der Waals surface area contributed by atoms with E-state index in [1.807, 2.05) is 0 Å². The average Bonchev–Trinajstić information content (AvgIpc) is 3.06. The van der Waals surface area contributed by atoms with E-state index in [-0.39, 0.29) is 0 Å². The standard InChI is InChI=1S/C16H23N.H3NO/c1-14-4-6-15(7-5-14)16(8-9-16)10-13-17-11-2-3-12-17;1-2/h4-7H,2-3,8-13H2,1H3;2H,1H2. The van der Waals surface area contributed by atoms with Crippen molar-refractivity contribution in [2.24, 2.45) is 5.90 Å². The first kappa shape index (κ1) is 14.5. The Labute approximate surface area is 116 Å². The zero-order valence-corrected chi connectivity index (χ0v) is 11.9. The normalized spacial score (nSPS) is 20.8. The van der Waals surface area contributed by atoms with Gasteiger partial charge in [-0.25, -0.2) is 5.90 Å². The second kappa shape index (κ2) is 6.51. The summed E-state index contributed by atoms with van der Waals surface area (Å²) in [7, 11) is 0. The molecule has 106 valence electrons. The minimum atomic E-state index is 0.552. The van der Waals surface area contributed by atoms with E-state index in [0.29, 0.717) is 5.41 Å². The molecular formula is C16H26N2O. The van der Waals surface area contributed by atoms with Crippen molar-refractivity contribution in [2.45, 2.75) is 44.4 Å². The predicted octanol–water partition coefficient (Wildman–Crippen LogP) is 2.85. The molecule has 0 atom stereocenters. The highest BCUT2D eigenvalue weighted by atomic mass is 16.4. The summed E-state index contributed by atoms with van der Waals surface area (Å²) in [6, 6.07) is 9.25. The largest absolute Gasteiger partial charge is 0.320 e. The van der Waals surface area contributed by atoms with Crippen molar-refractivity contribution >= 4 is 0 Å². The SMILES string of the molecule is Cc1ccc(C2(CCN3CCCC3)CC2)cc1.NO. The van der Waals surface area contributed by atoms with E-state index in [2.05, 4.69) is 42.0 Å². The number of rotatable bonds is 4. The molecule has 0 radical (unpaired) electrons. The van der Waals surface area contributed by atoms with Gasteiger partial charge in [-0.2, -0.15) is 0 Å². The van der Waals surface area contributed by atoms with Gasteiger partial charge in [-0.05, 0) is 69.6 Å².